The van der Waals surface area contributed by atoms with Crippen LogP contribution in [-0.4, -0.2) is 32.9 Å². The Kier molecular flexibility index (Phi) is 6.51. The lowest BCUT2D eigenvalue weighted by molar-refractivity contribution is 0.178. The van der Waals surface area contributed by atoms with Crippen LogP contribution >= 0.6 is 39.1 Å². The molecule has 0 heterocycles. The van der Waals surface area contributed by atoms with Crippen LogP contribution in [0.1, 0.15) is 19.8 Å². The molecule has 0 aliphatic heterocycles. The topological polar surface area (TPSA) is 55.8 Å². The van der Waals surface area contributed by atoms with Gasteiger partial charge < -0.3 is 9.47 Å². The summed E-state index contributed by atoms with van der Waals surface area (Å²) < 4.78 is 39.5. The van der Waals surface area contributed by atoms with Gasteiger partial charge in [-0.3, -0.25) is 0 Å². The van der Waals surface area contributed by atoms with Crippen molar-refractivity contribution in [2.24, 2.45) is 5.92 Å². The number of hydrogen-bond donors (Lipinski definition) is 0. The fourth-order valence-electron chi connectivity index (χ4n) is 3.17. The number of methoxy groups -OCH3 is 1. The van der Waals surface area contributed by atoms with Crippen LogP contribution in [0.2, 0.25) is 10.0 Å². The second-order valence-corrected chi connectivity index (χ2v) is 10.6. The van der Waals surface area contributed by atoms with E-state index < -0.39 is 10.0 Å². The second-order valence-electron chi connectivity index (χ2n) is 6.86. The fourth-order valence-corrected chi connectivity index (χ4v) is 6.01. The molecule has 0 atom stereocenters. The molecule has 0 radical (unpaired) electrons. The number of benzene rings is 2. The van der Waals surface area contributed by atoms with Crippen LogP contribution in [0.3, 0.4) is 0 Å². The molecular weight excluding hydrogens is 489 g/mol. The van der Waals surface area contributed by atoms with Crippen LogP contribution in [0.5, 0.6) is 17.2 Å². The van der Waals surface area contributed by atoms with Crippen molar-refractivity contribution in [3.63, 3.8) is 0 Å². The molecule has 0 unspecified atom stereocenters. The lowest BCUT2D eigenvalue weighted by Gasteiger charge is -2.38. The van der Waals surface area contributed by atoms with Crippen molar-refractivity contribution in [1.82, 2.24) is 4.31 Å². The second kappa shape index (κ2) is 8.40. The van der Waals surface area contributed by atoms with E-state index in [2.05, 4.69) is 22.9 Å². The maximum Gasteiger partial charge on any atom is 0.246 e. The zero-order chi connectivity index (χ0) is 20.6. The van der Waals surface area contributed by atoms with Gasteiger partial charge in [-0.1, -0.05) is 46.1 Å². The molecule has 152 valence electrons. The summed E-state index contributed by atoms with van der Waals surface area (Å²) in [5, 5.41) is 0.611. The molecule has 2 aromatic rings. The molecule has 1 fully saturated rings. The summed E-state index contributed by atoms with van der Waals surface area (Å²) in [7, 11) is -0.720. The molecule has 3 rings (SSSR count). The standard InChI is InChI=1S/C19H20BrCl2NO4S/c1-11-6-13(7-11)23(2)28(24,25)18-10-14(4-5-17(18)26-3)27-19-15(21)8-12(20)9-16(19)22/h4-5,8-11,13H,6-7H2,1-3H3. The third-order valence-electron chi connectivity index (χ3n) is 4.84. The molecular formula is C19H20BrCl2NO4S. The van der Waals surface area contributed by atoms with Gasteiger partial charge >= 0.3 is 0 Å². The van der Waals surface area contributed by atoms with E-state index in [0.717, 1.165) is 12.8 Å². The van der Waals surface area contributed by atoms with Gasteiger partial charge in [0.15, 0.2) is 5.75 Å². The molecule has 1 saturated carbocycles. The Morgan fingerprint density at radius 1 is 1.14 bits per heavy atom. The van der Waals surface area contributed by atoms with Crippen molar-refractivity contribution in [2.75, 3.05) is 14.2 Å². The Labute approximate surface area is 183 Å². The number of nitrogens with zero attached hydrogens (tertiary/aromatic N) is 1. The van der Waals surface area contributed by atoms with E-state index in [1.807, 2.05) is 0 Å². The molecule has 0 N–H and O–H groups in total. The Balaban J connectivity index is 1.97. The lowest BCUT2D eigenvalue weighted by atomic mass is 9.82. The van der Waals surface area contributed by atoms with Gasteiger partial charge in [-0.2, -0.15) is 4.31 Å². The Morgan fingerprint density at radius 3 is 2.29 bits per heavy atom. The SMILES string of the molecule is COc1ccc(Oc2c(Cl)cc(Br)cc2Cl)cc1S(=O)(=O)N(C)C1CC(C)C1. The van der Waals surface area contributed by atoms with Crippen LogP contribution in [0.4, 0.5) is 0 Å². The predicted octanol–water partition coefficient (Wildman–Crippen LogP) is 5.98. The van der Waals surface area contributed by atoms with E-state index in [1.165, 1.54) is 17.5 Å². The zero-order valence-corrected chi connectivity index (χ0v) is 19.5. The number of hydrogen-bond acceptors (Lipinski definition) is 4. The fraction of sp³-hybridized carbons (Fsp3) is 0.368. The number of ether oxygens (including phenoxy) is 2. The van der Waals surface area contributed by atoms with Crippen molar-refractivity contribution in [3.8, 4) is 17.2 Å². The van der Waals surface area contributed by atoms with Gasteiger partial charge in [0, 0.05) is 23.6 Å². The van der Waals surface area contributed by atoms with E-state index in [-0.39, 0.29) is 22.4 Å². The number of halogens is 3. The highest BCUT2D eigenvalue weighted by Crippen LogP contribution is 2.41. The molecule has 0 bridgehead atoms. The summed E-state index contributed by atoms with van der Waals surface area (Å²) in [4.78, 5) is 0.0407. The Hall–Kier alpha value is -0.990. The highest BCUT2D eigenvalue weighted by Gasteiger charge is 2.37. The van der Waals surface area contributed by atoms with Crippen LogP contribution < -0.4 is 9.47 Å². The van der Waals surface area contributed by atoms with Gasteiger partial charge in [-0.25, -0.2) is 8.42 Å². The van der Waals surface area contributed by atoms with Gasteiger partial charge in [-0.15, -0.1) is 0 Å². The first-order chi connectivity index (χ1) is 13.1. The summed E-state index contributed by atoms with van der Waals surface area (Å²) in [6, 6.07) is 7.88. The van der Waals surface area contributed by atoms with Crippen molar-refractivity contribution in [3.05, 3.63) is 44.8 Å². The highest BCUT2D eigenvalue weighted by molar-refractivity contribution is 9.10. The molecule has 5 nitrogen and oxygen atoms in total. The van der Waals surface area contributed by atoms with Crippen molar-refractivity contribution >= 4 is 49.2 Å². The summed E-state index contributed by atoms with van der Waals surface area (Å²) in [5.41, 5.74) is 0. The highest BCUT2D eigenvalue weighted by atomic mass is 79.9. The first-order valence-electron chi connectivity index (χ1n) is 8.62. The van der Waals surface area contributed by atoms with Gasteiger partial charge in [0.1, 0.15) is 16.4 Å². The molecule has 28 heavy (non-hydrogen) atoms. The van der Waals surface area contributed by atoms with E-state index >= 15 is 0 Å². The van der Waals surface area contributed by atoms with Crippen LogP contribution in [-0.2, 0) is 10.0 Å². The molecule has 0 spiro atoms. The molecule has 2 aromatic carbocycles. The third kappa shape index (κ3) is 4.28. The number of rotatable bonds is 6. The molecule has 0 saturated heterocycles. The largest absolute Gasteiger partial charge is 0.495 e. The van der Waals surface area contributed by atoms with E-state index in [1.54, 1.807) is 31.3 Å². The van der Waals surface area contributed by atoms with Crippen molar-refractivity contribution < 1.29 is 17.9 Å². The predicted molar refractivity (Wildman–Crippen MR) is 114 cm³/mol. The monoisotopic (exact) mass is 507 g/mol. The summed E-state index contributed by atoms with van der Waals surface area (Å²) >= 11 is 15.7. The Morgan fingerprint density at radius 2 is 1.75 bits per heavy atom. The summed E-state index contributed by atoms with van der Waals surface area (Å²) in [6.45, 7) is 2.11. The quantitative estimate of drug-likeness (QED) is 0.481. The first-order valence-corrected chi connectivity index (χ1v) is 11.6. The van der Waals surface area contributed by atoms with Gasteiger partial charge in [0.2, 0.25) is 10.0 Å². The average Bonchev–Trinajstić information content (AvgIpc) is 2.61. The summed E-state index contributed by atoms with van der Waals surface area (Å²) in [5.74, 6) is 1.32. The van der Waals surface area contributed by atoms with Gasteiger partial charge in [0.25, 0.3) is 0 Å². The van der Waals surface area contributed by atoms with E-state index in [0.29, 0.717) is 26.2 Å². The van der Waals surface area contributed by atoms with Gasteiger partial charge in [0.05, 0.1) is 17.2 Å². The maximum absolute atomic E-state index is 13.2. The lowest BCUT2D eigenvalue weighted by Crippen LogP contribution is -2.44. The van der Waals surface area contributed by atoms with Crippen LogP contribution in [0.25, 0.3) is 0 Å². The van der Waals surface area contributed by atoms with Crippen molar-refractivity contribution in [1.29, 1.82) is 0 Å². The molecule has 1 aliphatic rings. The van der Waals surface area contributed by atoms with E-state index in [4.69, 9.17) is 32.7 Å². The smallest absolute Gasteiger partial charge is 0.246 e. The molecule has 1 aliphatic carbocycles. The third-order valence-corrected chi connectivity index (χ3v) is 7.79. The van der Waals surface area contributed by atoms with Gasteiger partial charge in [-0.05, 0) is 43.0 Å². The number of sulfonamides is 1. The van der Waals surface area contributed by atoms with Crippen LogP contribution in [0.15, 0.2) is 39.7 Å². The normalized spacial score (nSPS) is 19.4. The minimum absolute atomic E-state index is 0.00959. The first kappa shape index (κ1) is 21.7. The molecule has 0 aromatic heterocycles. The van der Waals surface area contributed by atoms with Crippen molar-refractivity contribution in [2.45, 2.75) is 30.7 Å². The summed E-state index contributed by atoms with van der Waals surface area (Å²) in [6.07, 6.45) is 1.69. The van der Waals surface area contributed by atoms with E-state index in [9.17, 15) is 8.42 Å². The Bertz CT molecular complexity index is 970. The minimum Gasteiger partial charge on any atom is -0.495 e. The zero-order valence-electron chi connectivity index (χ0n) is 15.6. The maximum atomic E-state index is 13.2. The molecule has 9 heteroatoms. The molecule has 0 amide bonds. The average molecular weight is 509 g/mol. The minimum atomic E-state index is -3.75. The van der Waals surface area contributed by atoms with Crippen LogP contribution in [0, 0.1) is 5.92 Å².